The van der Waals surface area contributed by atoms with Gasteiger partial charge in [-0.15, -0.1) is 0 Å². The van der Waals surface area contributed by atoms with Crippen LogP contribution >= 0.6 is 11.6 Å². The second-order valence-electron chi connectivity index (χ2n) is 6.39. The van der Waals surface area contributed by atoms with Gasteiger partial charge in [0.2, 0.25) is 0 Å². The van der Waals surface area contributed by atoms with Crippen molar-refractivity contribution in [2.45, 2.75) is 37.8 Å². The third kappa shape index (κ3) is 3.62. The summed E-state index contributed by atoms with van der Waals surface area (Å²) in [5.74, 6) is 0.0316. The van der Waals surface area contributed by atoms with Crippen LogP contribution in [-0.4, -0.2) is 31.7 Å². The van der Waals surface area contributed by atoms with E-state index < -0.39 is 0 Å². The topological polar surface area (TPSA) is 85.8 Å². The van der Waals surface area contributed by atoms with Crippen molar-refractivity contribution in [1.82, 2.24) is 25.1 Å². The summed E-state index contributed by atoms with van der Waals surface area (Å²) in [6, 6.07) is 5.49. The summed E-state index contributed by atoms with van der Waals surface area (Å²) in [5.41, 5.74) is 1.85. The zero-order valence-corrected chi connectivity index (χ0v) is 14.8. The van der Waals surface area contributed by atoms with Crippen molar-refractivity contribution in [3.8, 4) is 11.3 Å². The smallest absolute Gasteiger partial charge is 0.287 e. The minimum Gasteiger partial charge on any atom is -0.440 e. The molecule has 1 aliphatic carbocycles. The van der Waals surface area contributed by atoms with Gasteiger partial charge in [-0.2, -0.15) is 5.10 Å². The molecule has 134 valence electrons. The summed E-state index contributed by atoms with van der Waals surface area (Å²) in [6.07, 6.45) is 10.8. The largest absolute Gasteiger partial charge is 0.440 e. The van der Waals surface area contributed by atoms with E-state index >= 15 is 0 Å². The molecule has 3 aromatic heterocycles. The maximum atomic E-state index is 12.1. The summed E-state index contributed by atoms with van der Waals surface area (Å²) < 4.78 is 7.15. The first-order chi connectivity index (χ1) is 12.7. The maximum Gasteiger partial charge on any atom is 0.287 e. The number of hydrogen-bond acceptors (Lipinski definition) is 5. The molecule has 8 heteroatoms. The van der Waals surface area contributed by atoms with Crippen LogP contribution in [0, 0.1) is 0 Å². The zero-order valence-electron chi connectivity index (χ0n) is 14.0. The summed E-state index contributed by atoms with van der Waals surface area (Å²) in [4.78, 5) is 20.3. The van der Waals surface area contributed by atoms with Crippen LogP contribution in [0.1, 0.15) is 42.3 Å². The van der Waals surface area contributed by atoms with E-state index in [9.17, 15) is 4.79 Å². The molecule has 7 nitrogen and oxygen atoms in total. The number of amides is 1. The van der Waals surface area contributed by atoms with Crippen molar-refractivity contribution >= 4 is 17.5 Å². The Morgan fingerprint density at radius 3 is 2.77 bits per heavy atom. The SMILES string of the molecule is O=C(NC1CCC(n2cc(-c3ccncn3)cn2)CC1)c1ccc(Cl)o1. The van der Waals surface area contributed by atoms with Gasteiger partial charge in [0.1, 0.15) is 6.33 Å². The predicted molar refractivity (Wildman–Crippen MR) is 95.7 cm³/mol. The number of carbonyl (C=O) groups excluding carboxylic acids is 1. The van der Waals surface area contributed by atoms with Crippen LogP contribution in [0.5, 0.6) is 0 Å². The molecule has 1 saturated carbocycles. The van der Waals surface area contributed by atoms with Gasteiger partial charge in [-0.1, -0.05) is 0 Å². The Kier molecular flexibility index (Phi) is 4.71. The molecule has 0 bridgehead atoms. The third-order valence-corrected chi connectivity index (χ3v) is 4.89. The van der Waals surface area contributed by atoms with Crippen LogP contribution in [0.4, 0.5) is 0 Å². The van der Waals surface area contributed by atoms with Crippen molar-refractivity contribution in [3.63, 3.8) is 0 Å². The highest BCUT2D eigenvalue weighted by Gasteiger charge is 2.25. The average molecular weight is 372 g/mol. The molecular weight excluding hydrogens is 354 g/mol. The van der Waals surface area contributed by atoms with Gasteiger partial charge in [0.25, 0.3) is 5.91 Å². The molecule has 1 N–H and O–H groups in total. The molecule has 0 unspecified atom stereocenters. The van der Waals surface area contributed by atoms with Crippen LogP contribution in [0.15, 0.2) is 47.5 Å². The number of nitrogens with one attached hydrogen (secondary N) is 1. The highest BCUT2D eigenvalue weighted by Crippen LogP contribution is 2.29. The molecule has 1 aliphatic rings. The van der Waals surface area contributed by atoms with E-state index in [2.05, 4.69) is 20.4 Å². The van der Waals surface area contributed by atoms with E-state index in [-0.39, 0.29) is 22.9 Å². The van der Waals surface area contributed by atoms with Gasteiger partial charge >= 0.3 is 0 Å². The summed E-state index contributed by atoms with van der Waals surface area (Å²) in [5, 5.41) is 7.72. The summed E-state index contributed by atoms with van der Waals surface area (Å²) in [6.45, 7) is 0. The molecule has 0 aromatic carbocycles. The Morgan fingerprint density at radius 2 is 2.08 bits per heavy atom. The van der Waals surface area contributed by atoms with Crippen LogP contribution < -0.4 is 5.32 Å². The van der Waals surface area contributed by atoms with Crippen molar-refractivity contribution in [3.05, 3.63) is 54.1 Å². The first kappa shape index (κ1) is 16.8. The standard InChI is InChI=1S/C18H18ClN5O2/c19-17-6-5-16(26-17)18(25)23-13-1-3-14(4-2-13)24-10-12(9-22-24)15-7-8-20-11-21-15/h5-11,13-14H,1-4H2,(H,23,25). The van der Waals surface area contributed by atoms with Crippen molar-refractivity contribution in [2.24, 2.45) is 0 Å². The fourth-order valence-electron chi connectivity index (χ4n) is 3.31. The van der Waals surface area contributed by atoms with Gasteiger partial charge in [0, 0.05) is 24.0 Å². The van der Waals surface area contributed by atoms with E-state index in [1.54, 1.807) is 18.3 Å². The lowest BCUT2D eigenvalue weighted by Crippen LogP contribution is -2.37. The normalized spacial score (nSPS) is 20.0. The van der Waals surface area contributed by atoms with Crippen LogP contribution in [0.3, 0.4) is 0 Å². The fraction of sp³-hybridized carbons (Fsp3) is 0.333. The second-order valence-corrected chi connectivity index (χ2v) is 6.76. The Labute approximate surface area is 155 Å². The van der Waals surface area contributed by atoms with E-state index in [4.69, 9.17) is 16.0 Å². The minimum absolute atomic E-state index is 0.138. The third-order valence-electron chi connectivity index (χ3n) is 4.68. The van der Waals surface area contributed by atoms with Crippen molar-refractivity contribution in [2.75, 3.05) is 0 Å². The van der Waals surface area contributed by atoms with Gasteiger partial charge < -0.3 is 9.73 Å². The summed E-state index contributed by atoms with van der Waals surface area (Å²) >= 11 is 5.72. The molecule has 3 heterocycles. The lowest BCUT2D eigenvalue weighted by atomic mass is 9.91. The molecule has 1 fully saturated rings. The summed E-state index contributed by atoms with van der Waals surface area (Å²) in [7, 11) is 0. The fourth-order valence-corrected chi connectivity index (χ4v) is 3.46. The molecule has 3 aromatic rings. The Bertz CT molecular complexity index is 884. The average Bonchev–Trinajstić information content (AvgIpc) is 3.32. The number of carbonyl (C=O) groups is 1. The molecule has 0 atom stereocenters. The van der Waals surface area contributed by atoms with E-state index in [0.717, 1.165) is 36.9 Å². The lowest BCUT2D eigenvalue weighted by Gasteiger charge is -2.29. The minimum atomic E-state index is -0.217. The van der Waals surface area contributed by atoms with Crippen LogP contribution in [0.25, 0.3) is 11.3 Å². The van der Waals surface area contributed by atoms with Crippen molar-refractivity contribution < 1.29 is 9.21 Å². The number of rotatable bonds is 4. The van der Waals surface area contributed by atoms with Gasteiger partial charge in [-0.05, 0) is 55.5 Å². The quantitative estimate of drug-likeness (QED) is 0.758. The van der Waals surface area contributed by atoms with Gasteiger partial charge in [-0.3, -0.25) is 9.48 Å². The molecule has 4 rings (SSSR count). The number of halogens is 1. The van der Waals surface area contributed by atoms with E-state index in [1.165, 1.54) is 6.33 Å². The molecule has 0 saturated heterocycles. The van der Waals surface area contributed by atoms with Gasteiger partial charge in [-0.25, -0.2) is 9.97 Å². The maximum absolute atomic E-state index is 12.1. The first-order valence-corrected chi connectivity index (χ1v) is 8.93. The van der Waals surface area contributed by atoms with Crippen molar-refractivity contribution in [1.29, 1.82) is 0 Å². The Morgan fingerprint density at radius 1 is 1.23 bits per heavy atom. The van der Waals surface area contributed by atoms with Gasteiger partial charge in [0.05, 0.1) is 17.9 Å². The second kappa shape index (κ2) is 7.29. The molecule has 0 aliphatic heterocycles. The molecule has 0 spiro atoms. The number of aromatic nitrogens is 4. The molecular formula is C18H18ClN5O2. The Balaban J connectivity index is 1.34. The number of nitrogens with zero attached hydrogens (tertiary/aromatic N) is 4. The van der Waals surface area contributed by atoms with Crippen LogP contribution in [0.2, 0.25) is 5.22 Å². The lowest BCUT2D eigenvalue weighted by molar-refractivity contribution is 0.0893. The highest BCUT2D eigenvalue weighted by atomic mass is 35.5. The highest BCUT2D eigenvalue weighted by molar-refractivity contribution is 6.29. The molecule has 1 amide bonds. The molecule has 0 radical (unpaired) electrons. The van der Waals surface area contributed by atoms with E-state index in [1.807, 2.05) is 23.1 Å². The Hall–Kier alpha value is -2.67. The monoisotopic (exact) mass is 371 g/mol. The number of furan rings is 1. The van der Waals surface area contributed by atoms with E-state index in [0.29, 0.717) is 6.04 Å². The molecule has 26 heavy (non-hydrogen) atoms. The van der Waals surface area contributed by atoms with Gasteiger partial charge in [0.15, 0.2) is 11.0 Å². The van der Waals surface area contributed by atoms with Crippen LogP contribution in [-0.2, 0) is 0 Å². The zero-order chi connectivity index (χ0) is 17.9. The predicted octanol–water partition coefficient (Wildman–Crippen LogP) is 3.50. The first-order valence-electron chi connectivity index (χ1n) is 8.56. The number of hydrogen-bond donors (Lipinski definition) is 1.